The Morgan fingerprint density at radius 1 is 0.880 bits per heavy atom. The fourth-order valence-electron chi connectivity index (χ4n) is 2.92. The van der Waals surface area contributed by atoms with Gasteiger partial charge < -0.3 is 9.84 Å². The normalized spacial score (nSPS) is 12.4. The van der Waals surface area contributed by atoms with Gasteiger partial charge in [0.1, 0.15) is 19.2 Å². The van der Waals surface area contributed by atoms with Gasteiger partial charge in [-0.2, -0.15) is 0 Å². The van der Waals surface area contributed by atoms with E-state index in [1.54, 1.807) is 13.8 Å². The van der Waals surface area contributed by atoms with Gasteiger partial charge in [-0.25, -0.2) is 0 Å². The van der Waals surface area contributed by atoms with Crippen LogP contribution < -0.4 is 10.2 Å². The predicted octanol–water partition coefficient (Wildman–Crippen LogP) is 3.69. The van der Waals surface area contributed by atoms with E-state index in [4.69, 9.17) is 4.74 Å². The average Bonchev–Trinajstić information content (AvgIpc) is 2.53. The van der Waals surface area contributed by atoms with E-state index < -0.39 is 11.2 Å². The standard InChI is InChI=1S/C22H25BO2/c1-21(2,24)22(3,4)25-17-11-5-10-16(14-17)18-12-6-8-15-9-7-13-19(23)20(15)18/h5-14,24H,23H2,1-4H3. The molecular weight excluding hydrogens is 307 g/mol. The van der Waals surface area contributed by atoms with Crippen LogP contribution in [0.5, 0.6) is 5.75 Å². The van der Waals surface area contributed by atoms with Crippen molar-refractivity contribution in [3.05, 3.63) is 60.7 Å². The molecule has 3 aromatic carbocycles. The van der Waals surface area contributed by atoms with Crippen molar-refractivity contribution >= 4 is 24.1 Å². The highest BCUT2D eigenvalue weighted by Crippen LogP contribution is 2.33. The van der Waals surface area contributed by atoms with E-state index in [0.717, 1.165) is 11.3 Å². The second kappa shape index (κ2) is 6.23. The molecule has 25 heavy (non-hydrogen) atoms. The summed E-state index contributed by atoms with van der Waals surface area (Å²) in [6, 6.07) is 20.8. The van der Waals surface area contributed by atoms with Crippen molar-refractivity contribution in [3.8, 4) is 16.9 Å². The number of fused-ring (bicyclic) bond motifs is 1. The molecule has 0 saturated carbocycles. The fraction of sp³-hybridized carbons (Fsp3) is 0.273. The molecule has 0 radical (unpaired) electrons. The summed E-state index contributed by atoms with van der Waals surface area (Å²) in [7, 11) is 2.14. The molecule has 0 spiro atoms. The molecule has 0 bridgehead atoms. The van der Waals surface area contributed by atoms with E-state index in [1.807, 2.05) is 26.0 Å². The Hall–Kier alpha value is -2.26. The lowest BCUT2D eigenvalue weighted by molar-refractivity contribution is -0.0906. The predicted molar refractivity (Wildman–Crippen MR) is 109 cm³/mol. The molecule has 0 aliphatic rings. The molecule has 0 unspecified atom stereocenters. The summed E-state index contributed by atoms with van der Waals surface area (Å²) in [6.07, 6.45) is 0. The lowest BCUT2D eigenvalue weighted by Gasteiger charge is -2.37. The Morgan fingerprint density at radius 2 is 1.52 bits per heavy atom. The topological polar surface area (TPSA) is 29.5 Å². The van der Waals surface area contributed by atoms with Gasteiger partial charge in [0.05, 0.1) is 5.60 Å². The molecule has 0 aromatic heterocycles. The maximum Gasteiger partial charge on any atom is 0.140 e. The smallest absolute Gasteiger partial charge is 0.140 e. The molecule has 3 rings (SSSR count). The molecular formula is C22H25BO2. The number of hydrogen-bond acceptors (Lipinski definition) is 2. The van der Waals surface area contributed by atoms with Crippen LogP contribution in [0.15, 0.2) is 60.7 Å². The van der Waals surface area contributed by atoms with Crippen molar-refractivity contribution in [1.82, 2.24) is 0 Å². The number of ether oxygens (including phenoxy) is 1. The van der Waals surface area contributed by atoms with E-state index >= 15 is 0 Å². The summed E-state index contributed by atoms with van der Waals surface area (Å²) in [5.74, 6) is 0.759. The summed E-state index contributed by atoms with van der Waals surface area (Å²) in [5.41, 5.74) is 1.93. The largest absolute Gasteiger partial charge is 0.485 e. The Labute approximate surface area is 150 Å². The van der Waals surface area contributed by atoms with Crippen LogP contribution in [0.4, 0.5) is 0 Å². The summed E-state index contributed by atoms with van der Waals surface area (Å²) in [5, 5.41) is 12.9. The molecule has 2 nitrogen and oxygen atoms in total. The number of hydrogen-bond donors (Lipinski definition) is 1. The van der Waals surface area contributed by atoms with Crippen molar-refractivity contribution in [2.75, 3.05) is 0 Å². The lowest BCUT2D eigenvalue weighted by atomic mass is 9.86. The van der Waals surface area contributed by atoms with Crippen molar-refractivity contribution in [3.63, 3.8) is 0 Å². The molecule has 128 valence electrons. The molecule has 0 saturated heterocycles. The first kappa shape index (κ1) is 17.6. The fourth-order valence-corrected chi connectivity index (χ4v) is 2.92. The highest BCUT2D eigenvalue weighted by atomic mass is 16.5. The molecule has 0 amide bonds. The average molecular weight is 332 g/mol. The van der Waals surface area contributed by atoms with E-state index in [0.29, 0.717) is 0 Å². The SMILES string of the molecule is Bc1cccc2cccc(-c3cccc(OC(C)(C)C(C)(C)O)c3)c12. The van der Waals surface area contributed by atoms with E-state index in [1.165, 1.54) is 21.8 Å². The van der Waals surface area contributed by atoms with Gasteiger partial charge in [0.25, 0.3) is 0 Å². The zero-order valence-electron chi connectivity index (χ0n) is 15.6. The van der Waals surface area contributed by atoms with Crippen LogP contribution in [-0.2, 0) is 0 Å². The summed E-state index contributed by atoms with van der Waals surface area (Å²) >= 11 is 0. The third-order valence-electron chi connectivity index (χ3n) is 5.10. The molecule has 0 atom stereocenters. The van der Waals surface area contributed by atoms with Crippen molar-refractivity contribution < 1.29 is 9.84 Å². The Balaban J connectivity index is 2.07. The molecule has 0 aliphatic heterocycles. The second-order valence-electron chi connectivity index (χ2n) is 7.68. The van der Waals surface area contributed by atoms with Crippen LogP contribution >= 0.6 is 0 Å². The Kier molecular flexibility index (Phi) is 4.38. The minimum absolute atomic E-state index is 0.694. The van der Waals surface area contributed by atoms with Crippen LogP contribution in [0.3, 0.4) is 0 Å². The van der Waals surface area contributed by atoms with E-state index in [-0.39, 0.29) is 0 Å². The highest BCUT2D eigenvalue weighted by molar-refractivity contribution is 6.40. The maximum atomic E-state index is 10.3. The summed E-state index contributed by atoms with van der Waals surface area (Å²) in [4.78, 5) is 0. The first-order valence-electron chi connectivity index (χ1n) is 8.69. The lowest BCUT2D eigenvalue weighted by Crippen LogP contribution is -2.49. The van der Waals surface area contributed by atoms with Gasteiger partial charge in [-0.1, -0.05) is 54.0 Å². The van der Waals surface area contributed by atoms with Gasteiger partial charge in [0.2, 0.25) is 0 Å². The van der Waals surface area contributed by atoms with Gasteiger partial charge in [-0.05, 0) is 61.7 Å². The molecule has 0 fully saturated rings. The van der Waals surface area contributed by atoms with E-state index in [2.05, 4.69) is 56.4 Å². The minimum atomic E-state index is -0.945. The quantitative estimate of drug-likeness (QED) is 0.739. The van der Waals surface area contributed by atoms with Crippen LogP contribution in [-0.4, -0.2) is 24.2 Å². The Bertz CT molecular complexity index is 902. The summed E-state index contributed by atoms with van der Waals surface area (Å²) in [6.45, 7) is 7.35. The first-order valence-corrected chi connectivity index (χ1v) is 8.69. The van der Waals surface area contributed by atoms with Gasteiger partial charge in [0.15, 0.2) is 0 Å². The molecule has 3 heteroatoms. The van der Waals surface area contributed by atoms with Crippen LogP contribution in [0.2, 0.25) is 0 Å². The van der Waals surface area contributed by atoms with Gasteiger partial charge >= 0.3 is 0 Å². The number of aliphatic hydroxyl groups is 1. The highest BCUT2D eigenvalue weighted by Gasteiger charge is 2.37. The summed E-state index contributed by atoms with van der Waals surface area (Å²) < 4.78 is 6.12. The second-order valence-corrected chi connectivity index (χ2v) is 7.68. The van der Waals surface area contributed by atoms with Crippen molar-refractivity contribution in [1.29, 1.82) is 0 Å². The van der Waals surface area contributed by atoms with Crippen LogP contribution in [0, 0.1) is 0 Å². The monoisotopic (exact) mass is 332 g/mol. The maximum absolute atomic E-state index is 10.3. The van der Waals surface area contributed by atoms with Gasteiger partial charge in [-0.15, -0.1) is 0 Å². The third kappa shape index (κ3) is 3.43. The molecule has 1 N–H and O–H groups in total. The van der Waals surface area contributed by atoms with Crippen LogP contribution in [0.25, 0.3) is 21.9 Å². The van der Waals surface area contributed by atoms with Crippen LogP contribution in [0.1, 0.15) is 27.7 Å². The van der Waals surface area contributed by atoms with Crippen molar-refractivity contribution in [2.45, 2.75) is 38.9 Å². The zero-order valence-corrected chi connectivity index (χ0v) is 15.6. The molecule has 3 aromatic rings. The Morgan fingerprint density at radius 3 is 2.20 bits per heavy atom. The number of rotatable bonds is 4. The molecule has 0 heterocycles. The van der Waals surface area contributed by atoms with Crippen molar-refractivity contribution in [2.24, 2.45) is 0 Å². The first-order chi connectivity index (χ1) is 11.7. The minimum Gasteiger partial charge on any atom is -0.485 e. The van der Waals surface area contributed by atoms with Gasteiger partial charge in [-0.3, -0.25) is 0 Å². The van der Waals surface area contributed by atoms with E-state index in [9.17, 15) is 5.11 Å². The molecule has 0 aliphatic carbocycles. The number of benzene rings is 3. The third-order valence-corrected chi connectivity index (χ3v) is 5.10. The zero-order chi connectivity index (χ0) is 18.2. The van der Waals surface area contributed by atoms with Gasteiger partial charge in [0, 0.05) is 0 Å².